The monoisotopic (exact) mass is 424 g/mol. The molecule has 0 radical (unpaired) electrons. The van der Waals surface area contributed by atoms with Crippen LogP contribution in [0.3, 0.4) is 0 Å². The molecule has 1 atom stereocenters. The number of rotatable bonds is 5. The normalized spacial score (nSPS) is 16.6. The van der Waals surface area contributed by atoms with Gasteiger partial charge in [0, 0.05) is 42.1 Å². The maximum atomic E-state index is 14.2. The minimum absolute atomic E-state index is 0.166. The number of amides is 2. The Balaban J connectivity index is 2.02. The van der Waals surface area contributed by atoms with Gasteiger partial charge in [-0.1, -0.05) is 35.9 Å². The van der Waals surface area contributed by atoms with E-state index in [0.29, 0.717) is 11.1 Å². The standard InChI is InChI=1S/C21H20ClF3N2O2/c1-12-7-8-15(9-18(12)23)27(13(2)28)19(16-5-3-4-6-17(16)22)20(29)26-14-10-21(24,25)11-14/h3-9,14,19H,10-11H2,1-2H3,(H,26,29). The molecule has 2 amide bonds. The second kappa shape index (κ2) is 8.06. The molecule has 29 heavy (non-hydrogen) atoms. The van der Waals surface area contributed by atoms with Crippen molar-refractivity contribution in [2.75, 3.05) is 4.90 Å². The first-order chi connectivity index (χ1) is 13.6. The van der Waals surface area contributed by atoms with Gasteiger partial charge in [-0.25, -0.2) is 13.2 Å². The Morgan fingerprint density at radius 3 is 2.41 bits per heavy atom. The highest BCUT2D eigenvalue weighted by molar-refractivity contribution is 6.31. The van der Waals surface area contributed by atoms with Gasteiger partial charge in [-0.05, 0) is 30.7 Å². The van der Waals surface area contributed by atoms with Gasteiger partial charge in [0.1, 0.15) is 11.9 Å². The van der Waals surface area contributed by atoms with Crippen molar-refractivity contribution in [3.63, 3.8) is 0 Å². The van der Waals surface area contributed by atoms with Crippen LogP contribution >= 0.6 is 11.6 Å². The van der Waals surface area contributed by atoms with Crippen molar-refractivity contribution in [3.05, 3.63) is 64.4 Å². The third kappa shape index (κ3) is 4.56. The maximum absolute atomic E-state index is 14.2. The molecule has 0 aromatic heterocycles. The molecule has 2 aromatic carbocycles. The van der Waals surface area contributed by atoms with Crippen LogP contribution < -0.4 is 10.2 Å². The molecule has 3 rings (SSSR count). The van der Waals surface area contributed by atoms with E-state index in [0.717, 1.165) is 11.0 Å². The van der Waals surface area contributed by atoms with E-state index < -0.39 is 48.5 Å². The molecule has 0 spiro atoms. The maximum Gasteiger partial charge on any atom is 0.252 e. The highest BCUT2D eigenvalue weighted by Gasteiger charge is 2.47. The average molecular weight is 425 g/mol. The first kappa shape index (κ1) is 21.2. The van der Waals surface area contributed by atoms with Crippen molar-refractivity contribution < 1.29 is 22.8 Å². The number of benzene rings is 2. The zero-order valence-corrected chi connectivity index (χ0v) is 16.6. The molecule has 8 heteroatoms. The predicted octanol–water partition coefficient (Wildman–Crippen LogP) is 4.80. The topological polar surface area (TPSA) is 49.4 Å². The minimum atomic E-state index is -2.81. The van der Waals surface area contributed by atoms with Gasteiger partial charge in [0.25, 0.3) is 5.92 Å². The first-order valence-corrected chi connectivity index (χ1v) is 9.45. The predicted molar refractivity (Wildman–Crippen MR) is 105 cm³/mol. The van der Waals surface area contributed by atoms with Gasteiger partial charge >= 0.3 is 0 Å². The van der Waals surface area contributed by atoms with Gasteiger partial charge in [0.15, 0.2) is 0 Å². The summed E-state index contributed by atoms with van der Waals surface area (Å²) in [6.45, 7) is 2.82. The largest absolute Gasteiger partial charge is 0.351 e. The first-order valence-electron chi connectivity index (χ1n) is 9.07. The molecule has 4 nitrogen and oxygen atoms in total. The molecule has 0 saturated heterocycles. The zero-order chi connectivity index (χ0) is 21.3. The van der Waals surface area contributed by atoms with Gasteiger partial charge < -0.3 is 5.32 Å². The van der Waals surface area contributed by atoms with Crippen molar-refractivity contribution in [1.82, 2.24) is 5.32 Å². The summed E-state index contributed by atoms with van der Waals surface area (Å²) < 4.78 is 40.5. The highest BCUT2D eigenvalue weighted by Crippen LogP contribution is 2.39. The van der Waals surface area contributed by atoms with Crippen LogP contribution in [0.25, 0.3) is 0 Å². The number of carbonyl (C=O) groups is 2. The highest BCUT2D eigenvalue weighted by atomic mass is 35.5. The molecule has 1 unspecified atom stereocenters. The lowest BCUT2D eigenvalue weighted by Crippen LogP contribution is -2.54. The molecule has 1 N–H and O–H groups in total. The van der Waals surface area contributed by atoms with Gasteiger partial charge in [-0.2, -0.15) is 0 Å². The number of hydrogen-bond acceptors (Lipinski definition) is 2. The lowest BCUT2D eigenvalue weighted by Gasteiger charge is -2.38. The minimum Gasteiger partial charge on any atom is -0.351 e. The van der Waals surface area contributed by atoms with E-state index in [1.165, 1.54) is 19.1 Å². The Morgan fingerprint density at radius 1 is 1.21 bits per heavy atom. The molecule has 1 aliphatic carbocycles. The van der Waals surface area contributed by atoms with Crippen LogP contribution in [0.1, 0.15) is 36.9 Å². The summed E-state index contributed by atoms with van der Waals surface area (Å²) in [4.78, 5) is 26.7. The van der Waals surface area contributed by atoms with Crippen LogP contribution in [0, 0.1) is 12.7 Å². The molecular formula is C21H20ClF3N2O2. The quantitative estimate of drug-likeness (QED) is 0.749. The van der Waals surface area contributed by atoms with E-state index in [2.05, 4.69) is 5.32 Å². The summed E-state index contributed by atoms with van der Waals surface area (Å²) in [5.41, 5.74) is 0.862. The molecule has 0 heterocycles. The Morgan fingerprint density at radius 2 is 1.86 bits per heavy atom. The molecule has 154 valence electrons. The van der Waals surface area contributed by atoms with Gasteiger partial charge in [0.2, 0.25) is 11.8 Å². The van der Waals surface area contributed by atoms with Crippen LogP contribution in [-0.4, -0.2) is 23.8 Å². The fraction of sp³-hybridized carbons (Fsp3) is 0.333. The number of nitrogens with zero attached hydrogens (tertiary/aromatic N) is 1. The van der Waals surface area contributed by atoms with Crippen LogP contribution in [0.4, 0.5) is 18.9 Å². The number of anilines is 1. The van der Waals surface area contributed by atoms with E-state index in [1.54, 1.807) is 31.2 Å². The van der Waals surface area contributed by atoms with Crippen molar-refractivity contribution in [2.24, 2.45) is 0 Å². The molecule has 1 aliphatic rings. The van der Waals surface area contributed by atoms with Crippen LogP contribution in [0.5, 0.6) is 0 Å². The number of hydrogen-bond donors (Lipinski definition) is 1. The number of alkyl halides is 2. The van der Waals surface area contributed by atoms with E-state index >= 15 is 0 Å². The Hall–Kier alpha value is -2.54. The van der Waals surface area contributed by atoms with Crippen LogP contribution in [0.2, 0.25) is 5.02 Å². The number of nitrogens with one attached hydrogen (secondary N) is 1. The molecule has 2 aromatic rings. The smallest absolute Gasteiger partial charge is 0.252 e. The summed E-state index contributed by atoms with van der Waals surface area (Å²) in [5, 5.41) is 2.79. The SMILES string of the molecule is CC(=O)N(c1ccc(C)c(F)c1)C(C(=O)NC1CC(F)(F)C1)c1ccccc1Cl. The fourth-order valence-corrected chi connectivity index (χ4v) is 3.62. The van der Waals surface area contributed by atoms with Crippen molar-refractivity contribution >= 4 is 29.1 Å². The van der Waals surface area contributed by atoms with Crippen molar-refractivity contribution in [3.8, 4) is 0 Å². The van der Waals surface area contributed by atoms with Crippen molar-refractivity contribution in [2.45, 2.75) is 44.7 Å². The van der Waals surface area contributed by atoms with Gasteiger partial charge in [0.05, 0.1) is 0 Å². The molecular weight excluding hydrogens is 405 g/mol. The molecule has 0 aliphatic heterocycles. The average Bonchev–Trinajstić information content (AvgIpc) is 2.61. The summed E-state index contributed by atoms with van der Waals surface area (Å²) in [5.74, 6) is -4.52. The lowest BCUT2D eigenvalue weighted by atomic mass is 9.87. The second-order valence-corrected chi connectivity index (χ2v) is 7.62. The molecule has 0 bridgehead atoms. The van der Waals surface area contributed by atoms with E-state index in [-0.39, 0.29) is 10.7 Å². The number of halogens is 4. The van der Waals surface area contributed by atoms with E-state index in [1.807, 2.05) is 0 Å². The Kier molecular flexibility index (Phi) is 5.89. The second-order valence-electron chi connectivity index (χ2n) is 7.22. The summed E-state index contributed by atoms with van der Waals surface area (Å²) in [6.07, 6.45) is -0.930. The van der Waals surface area contributed by atoms with Crippen molar-refractivity contribution in [1.29, 1.82) is 0 Å². The zero-order valence-electron chi connectivity index (χ0n) is 15.9. The molecule has 1 saturated carbocycles. The third-order valence-corrected chi connectivity index (χ3v) is 5.26. The summed E-state index contributed by atoms with van der Waals surface area (Å²) in [7, 11) is 0. The van der Waals surface area contributed by atoms with Crippen LogP contribution in [0.15, 0.2) is 42.5 Å². The molecule has 1 fully saturated rings. The number of carbonyl (C=O) groups excluding carboxylic acids is 2. The fourth-order valence-electron chi connectivity index (χ4n) is 3.38. The van der Waals surface area contributed by atoms with E-state index in [9.17, 15) is 22.8 Å². The Labute approximate surface area is 171 Å². The van der Waals surface area contributed by atoms with Crippen LogP contribution in [-0.2, 0) is 9.59 Å². The third-order valence-electron chi connectivity index (χ3n) is 4.92. The van der Waals surface area contributed by atoms with Gasteiger partial charge in [-0.3, -0.25) is 14.5 Å². The van der Waals surface area contributed by atoms with Gasteiger partial charge in [-0.15, -0.1) is 0 Å². The summed E-state index contributed by atoms with van der Waals surface area (Å²) >= 11 is 6.27. The summed E-state index contributed by atoms with van der Waals surface area (Å²) in [6, 6.07) is 8.67. The van der Waals surface area contributed by atoms with E-state index in [4.69, 9.17) is 11.6 Å². The number of aryl methyl sites for hydroxylation is 1. The lowest BCUT2D eigenvalue weighted by molar-refractivity contribution is -0.132. The Bertz CT molecular complexity index is 943.